The Morgan fingerprint density at radius 1 is 1.06 bits per heavy atom. The van der Waals surface area contributed by atoms with E-state index in [0.717, 1.165) is 0 Å². The summed E-state index contributed by atoms with van der Waals surface area (Å²) in [7, 11) is 0. The minimum Gasteiger partial charge on any atom is -0.378 e. The summed E-state index contributed by atoms with van der Waals surface area (Å²) in [5, 5.41) is 8.84. The molecule has 7 nitrogen and oxygen atoms in total. The highest BCUT2D eigenvalue weighted by molar-refractivity contribution is 7.15. The molecule has 3 heterocycles. The first-order valence-electron chi connectivity index (χ1n) is 10.1. The molecule has 0 radical (unpaired) electrons. The number of thiophene rings is 1. The number of carbonyl (C=O) groups is 2. The van der Waals surface area contributed by atoms with Crippen LogP contribution in [0.1, 0.15) is 26.3 Å². The van der Waals surface area contributed by atoms with Gasteiger partial charge in [-0.2, -0.15) is 0 Å². The first-order chi connectivity index (χ1) is 16.4. The van der Waals surface area contributed by atoms with Crippen LogP contribution in [0.25, 0.3) is 0 Å². The second kappa shape index (κ2) is 11.1. The van der Waals surface area contributed by atoms with E-state index in [0.29, 0.717) is 57.6 Å². The molecule has 2 aromatic heterocycles. The van der Waals surface area contributed by atoms with Crippen molar-refractivity contribution < 1.29 is 14.3 Å². The lowest BCUT2D eigenvalue weighted by Crippen LogP contribution is -2.38. The van der Waals surface area contributed by atoms with Crippen molar-refractivity contribution in [2.45, 2.75) is 5.88 Å². The van der Waals surface area contributed by atoms with Crippen LogP contribution in [0, 0.1) is 0 Å². The van der Waals surface area contributed by atoms with Gasteiger partial charge in [0.05, 0.1) is 40.1 Å². The Morgan fingerprint density at radius 3 is 2.47 bits per heavy atom. The van der Waals surface area contributed by atoms with Crippen molar-refractivity contribution in [1.29, 1.82) is 0 Å². The van der Waals surface area contributed by atoms with Crippen LogP contribution in [0.3, 0.4) is 0 Å². The molecule has 1 saturated heterocycles. The molecule has 0 spiro atoms. The zero-order valence-corrected chi connectivity index (χ0v) is 21.4. The monoisotopic (exact) mass is 558 g/mol. The van der Waals surface area contributed by atoms with Gasteiger partial charge in [0.1, 0.15) is 10.8 Å². The number of amides is 2. The number of rotatable bonds is 6. The fourth-order valence-electron chi connectivity index (χ4n) is 3.42. The van der Waals surface area contributed by atoms with Crippen molar-refractivity contribution >= 4 is 86.1 Å². The molecule has 0 unspecified atom stereocenters. The molecule has 1 aromatic carbocycles. The highest BCUT2D eigenvalue weighted by Gasteiger charge is 2.27. The van der Waals surface area contributed by atoms with E-state index in [1.807, 2.05) is 4.90 Å². The van der Waals surface area contributed by atoms with Crippen LogP contribution in [0.4, 0.5) is 16.5 Å². The molecule has 1 fully saturated rings. The minimum absolute atomic E-state index is 0.0912. The van der Waals surface area contributed by atoms with Crippen LogP contribution in [0.15, 0.2) is 35.8 Å². The average molecular weight is 560 g/mol. The Labute approximate surface area is 219 Å². The first-order valence-corrected chi connectivity index (χ1v) is 12.6. The summed E-state index contributed by atoms with van der Waals surface area (Å²) in [5.74, 6) is -0.554. The lowest BCUT2D eigenvalue weighted by atomic mass is 10.0. The molecule has 0 saturated carbocycles. The van der Waals surface area contributed by atoms with Gasteiger partial charge in [0.15, 0.2) is 0 Å². The fraction of sp³-hybridized carbons (Fsp3) is 0.227. The maximum absolute atomic E-state index is 13.6. The van der Waals surface area contributed by atoms with Crippen LogP contribution < -0.4 is 15.5 Å². The molecule has 1 aliphatic heterocycles. The van der Waals surface area contributed by atoms with Crippen LogP contribution in [0.5, 0.6) is 0 Å². The van der Waals surface area contributed by atoms with Crippen molar-refractivity contribution in [3.63, 3.8) is 0 Å². The van der Waals surface area contributed by atoms with E-state index in [-0.39, 0.29) is 22.8 Å². The van der Waals surface area contributed by atoms with Gasteiger partial charge in [0, 0.05) is 30.2 Å². The van der Waals surface area contributed by atoms with E-state index >= 15 is 0 Å². The number of hydrogen-bond acceptors (Lipinski definition) is 6. The largest absolute Gasteiger partial charge is 0.378 e. The lowest BCUT2D eigenvalue weighted by molar-refractivity contribution is 0.0989. The summed E-state index contributed by atoms with van der Waals surface area (Å²) >= 11 is 25.8. The van der Waals surface area contributed by atoms with Gasteiger partial charge >= 0.3 is 0 Å². The summed E-state index contributed by atoms with van der Waals surface area (Å²) in [4.78, 5) is 32.9. The molecular formula is C22H18Cl4N4O3S. The highest BCUT2D eigenvalue weighted by atomic mass is 35.5. The van der Waals surface area contributed by atoms with E-state index in [9.17, 15) is 9.59 Å². The molecule has 4 rings (SSSR count). The lowest BCUT2D eigenvalue weighted by Gasteiger charge is -2.31. The van der Waals surface area contributed by atoms with Crippen molar-refractivity contribution in [3.05, 3.63) is 67.6 Å². The van der Waals surface area contributed by atoms with Gasteiger partial charge in [-0.05, 0) is 35.2 Å². The number of hydrogen-bond donors (Lipinski definition) is 2. The number of alkyl halides is 1. The van der Waals surface area contributed by atoms with Gasteiger partial charge < -0.3 is 20.3 Å². The van der Waals surface area contributed by atoms with Crippen molar-refractivity contribution in [2.75, 3.05) is 41.8 Å². The van der Waals surface area contributed by atoms with E-state index < -0.39 is 11.8 Å². The highest BCUT2D eigenvalue weighted by Crippen LogP contribution is 2.36. The van der Waals surface area contributed by atoms with Gasteiger partial charge in [-0.3, -0.25) is 9.59 Å². The van der Waals surface area contributed by atoms with Crippen molar-refractivity contribution in [1.82, 2.24) is 4.98 Å². The van der Waals surface area contributed by atoms with Crippen LogP contribution in [-0.4, -0.2) is 43.1 Å². The second-order valence-corrected chi connectivity index (χ2v) is 9.65. The smallest absolute Gasteiger partial charge is 0.259 e. The summed E-state index contributed by atoms with van der Waals surface area (Å²) in [6, 6.07) is 6.28. The third-order valence-electron chi connectivity index (χ3n) is 5.05. The average Bonchev–Trinajstić information content (AvgIpc) is 3.19. The van der Waals surface area contributed by atoms with E-state index in [4.69, 9.17) is 51.1 Å². The van der Waals surface area contributed by atoms with Gasteiger partial charge in [-0.1, -0.05) is 34.8 Å². The van der Waals surface area contributed by atoms with Crippen LogP contribution >= 0.6 is 57.7 Å². The van der Waals surface area contributed by atoms with Crippen molar-refractivity contribution in [3.8, 4) is 0 Å². The first kappa shape index (κ1) is 25.0. The number of nitrogens with zero attached hydrogens (tertiary/aromatic N) is 2. The molecule has 0 atom stereocenters. The van der Waals surface area contributed by atoms with E-state index in [1.165, 1.54) is 23.6 Å². The minimum atomic E-state index is -0.546. The number of carbonyl (C=O) groups excluding carboxylic acids is 2. The Bertz CT molecular complexity index is 1210. The SMILES string of the molecule is O=C(Nc1ccc(Cl)cn1)c1cc(Cl)cc(N2CCOCC2)c1C(=O)Nc1scc(CCl)c1Cl. The second-order valence-electron chi connectivity index (χ2n) is 7.25. The van der Waals surface area contributed by atoms with Gasteiger partial charge in [-0.15, -0.1) is 22.9 Å². The Balaban J connectivity index is 1.75. The number of morpholine rings is 1. The quantitative estimate of drug-likeness (QED) is 0.352. The summed E-state index contributed by atoms with van der Waals surface area (Å²) in [6.07, 6.45) is 1.41. The number of ether oxygens (including phenoxy) is 1. The maximum Gasteiger partial charge on any atom is 0.259 e. The summed E-state index contributed by atoms with van der Waals surface area (Å²) in [5.41, 5.74) is 1.48. The Hall–Kier alpha value is -2.07. The molecular weight excluding hydrogens is 542 g/mol. The molecule has 0 aliphatic carbocycles. The third kappa shape index (κ3) is 5.59. The van der Waals surface area contributed by atoms with E-state index in [1.54, 1.807) is 23.6 Å². The molecule has 2 N–H and O–H groups in total. The van der Waals surface area contributed by atoms with Gasteiger partial charge in [0.2, 0.25) is 0 Å². The zero-order chi connectivity index (χ0) is 24.2. The number of nitrogens with one attached hydrogen (secondary N) is 2. The molecule has 1 aliphatic rings. The van der Waals surface area contributed by atoms with Crippen molar-refractivity contribution in [2.24, 2.45) is 0 Å². The number of pyridine rings is 1. The fourth-order valence-corrected chi connectivity index (χ4v) is 5.33. The maximum atomic E-state index is 13.6. The molecule has 0 bridgehead atoms. The van der Waals surface area contributed by atoms with Gasteiger partial charge in [0.25, 0.3) is 11.8 Å². The number of benzene rings is 1. The molecule has 2 amide bonds. The number of aromatic nitrogens is 1. The van der Waals surface area contributed by atoms with E-state index in [2.05, 4.69) is 15.6 Å². The predicted molar refractivity (Wildman–Crippen MR) is 139 cm³/mol. The Morgan fingerprint density at radius 2 is 1.82 bits per heavy atom. The zero-order valence-electron chi connectivity index (χ0n) is 17.5. The standard InChI is InChI=1S/C22H18Cl4N4O3S/c23-9-12-11-34-22(19(12)26)29-21(32)18-15(20(31)28-17-2-1-13(24)10-27-17)7-14(25)8-16(18)30-3-5-33-6-4-30/h1-2,7-8,10-11H,3-6,9H2,(H,29,32)(H,27,28,31). The number of halogens is 4. The topological polar surface area (TPSA) is 83.6 Å². The molecule has 3 aromatic rings. The molecule has 12 heteroatoms. The Kier molecular flexibility index (Phi) is 8.18. The van der Waals surface area contributed by atoms with Gasteiger partial charge in [-0.25, -0.2) is 4.98 Å². The third-order valence-corrected chi connectivity index (χ3v) is 7.26. The normalized spacial score (nSPS) is 13.6. The summed E-state index contributed by atoms with van der Waals surface area (Å²) in [6.45, 7) is 2.05. The van der Waals surface area contributed by atoms with Crippen LogP contribution in [-0.2, 0) is 10.6 Å². The number of anilines is 3. The van der Waals surface area contributed by atoms with Crippen LogP contribution in [0.2, 0.25) is 15.1 Å². The summed E-state index contributed by atoms with van der Waals surface area (Å²) < 4.78 is 5.44. The molecule has 34 heavy (non-hydrogen) atoms. The molecule has 178 valence electrons. The predicted octanol–water partition coefficient (Wildman–Crippen LogP) is 6.18.